The maximum absolute atomic E-state index is 12.7. The highest BCUT2D eigenvalue weighted by molar-refractivity contribution is 5.96. The van der Waals surface area contributed by atoms with Crippen LogP contribution >= 0.6 is 0 Å². The fraction of sp³-hybridized carbons (Fsp3) is 0.333. The first kappa shape index (κ1) is 13.7. The summed E-state index contributed by atoms with van der Waals surface area (Å²) in [6, 6.07) is 0. The Morgan fingerprint density at radius 2 is 2.11 bits per heavy atom. The predicted octanol–water partition coefficient (Wildman–Crippen LogP) is 1.72. The zero-order chi connectivity index (χ0) is 13.9. The SMILES string of the molecule is COC(=O)c1c(C(F)F)cnc(OC)c1[N+](=O)[O-]. The van der Waals surface area contributed by atoms with E-state index in [4.69, 9.17) is 0 Å². The number of methoxy groups -OCH3 is 2. The van der Waals surface area contributed by atoms with Crippen LogP contribution in [0, 0.1) is 10.1 Å². The van der Waals surface area contributed by atoms with E-state index in [2.05, 4.69) is 14.5 Å². The van der Waals surface area contributed by atoms with E-state index in [0.29, 0.717) is 6.20 Å². The quantitative estimate of drug-likeness (QED) is 0.466. The summed E-state index contributed by atoms with van der Waals surface area (Å²) in [5, 5.41) is 10.8. The minimum absolute atomic E-state index is 0.537. The van der Waals surface area contributed by atoms with E-state index in [1.54, 1.807) is 0 Å². The summed E-state index contributed by atoms with van der Waals surface area (Å²) in [5.41, 5.74) is -2.68. The second-order valence-corrected chi connectivity index (χ2v) is 3.00. The van der Waals surface area contributed by atoms with Crippen LogP contribution in [-0.4, -0.2) is 30.1 Å². The molecule has 0 aromatic carbocycles. The Labute approximate surface area is 99.5 Å². The van der Waals surface area contributed by atoms with Crippen molar-refractivity contribution >= 4 is 11.7 Å². The van der Waals surface area contributed by atoms with Crippen molar-refractivity contribution in [3.8, 4) is 5.88 Å². The first-order valence-corrected chi connectivity index (χ1v) is 4.51. The van der Waals surface area contributed by atoms with Crippen LogP contribution in [0.3, 0.4) is 0 Å². The summed E-state index contributed by atoms with van der Waals surface area (Å²) in [6.07, 6.45) is -2.46. The van der Waals surface area contributed by atoms with E-state index >= 15 is 0 Å². The average molecular weight is 262 g/mol. The molecule has 18 heavy (non-hydrogen) atoms. The lowest BCUT2D eigenvalue weighted by Crippen LogP contribution is -2.12. The van der Waals surface area contributed by atoms with Crippen molar-refractivity contribution in [2.45, 2.75) is 6.43 Å². The van der Waals surface area contributed by atoms with Gasteiger partial charge >= 0.3 is 11.7 Å². The molecular formula is C9H8F2N2O5. The zero-order valence-electron chi connectivity index (χ0n) is 9.35. The van der Waals surface area contributed by atoms with Crippen LogP contribution in [0.1, 0.15) is 22.3 Å². The molecule has 0 saturated heterocycles. The molecule has 9 heteroatoms. The molecule has 0 fully saturated rings. The Kier molecular flexibility index (Phi) is 4.08. The number of carbonyl (C=O) groups is 1. The van der Waals surface area contributed by atoms with E-state index in [9.17, 15) is 23.7 Å². The molecule has 0 bridgehead atoms. The molecule has 1 aromatic rings. The lowest BCUT2D eigenvalue weighted by atomic mass is 10.1. The number of halogens is 2. The van der Waals surface area contributed by atoms with Crippen molar-refractivity contribution in [1.29, 1.82) is 0 Å². The Morgan fingerprint density at radius 3 is 2.50 bits per heavy atom. The number of ether oxygens (including phenoxy) is 2. The van der Waals surface area contributed by atoms with Crippen LogP contribution in [-0.2, 0) is 4.74 Å². The van der Waals surface area contributed by atoms with E-state index in [-0.39, 0.29) is 0 Å². The molecule has 0 atom stereocenters. The molecule has 98 valence electrons. The summed E-state index contributed by atoms with van der Waals surface area (Å²) < 4.78 is 34.2. The third kappa shape index (κ3) is 2.34. The van der Waals surface area contributed by atoms with Gasteiger partial charge in [0.1, 0.15) is 0 Å². The second kappa shape index (κ2) is 5.34. The molecule has 0 aliphatic carbocycles. The highest BCUT2D eigenvalue weighted by Gasteiger charge is 2.34. The maximum Gasteiger partial charge on any atom is 0.345 e. The molecule has 1 heterocycles. The lowest BCUT2D eigenvalue weighted by molar-refractivity contribution is -0.386. The van der Waals surface area contributed by atoms with Gasteiger partial charge in [-0.1, -0.05) is 0 Å². The lowest BCUT2D eigenvalue weighted by Gasteiger charge is -2.09. The largest absolute Gasteiger partial charge is 0.476 e. The molecule has 0 unspecified atom stereocenters. The Morgan fingerprint density at radius 1 is 1.50 bits per heavy atom. The van der Waals surface area contributed by atoms with Gasteiger partial charge in [-0.15, -0.1) is 0 Å². The highest BCUT2D eigenvalue weighted by Crippen LogP contribution is 2.35. The molecule has 0 radical (unpaired) electrons. The average Bonchev–Trinajstić information content (AvgIpc) is 2.35. The van der Waals surface area contributed by atoms with Gasteiger partial charge in [0.05, 0.1) is 24.7 Å². The third-order valence-corrected chi connectivity index (χ3v) is 2.05. The molecule has 1 aromatic heterocycles. The molecule has 1 rings (SSSR count). The Bertz CT molecular complexity index is 492. The standard InChI is InChI=1S/C9H8F2N2O5/c1-17-8-6(13(15)16)5(9(14)18-2)4(3-12-8)7(10)11/h3,7H,1-2H3. The number of nitro groups is 1. The van der Waals surface area contributed by atoms with Crippen molar-refractivity contribution in [1.82, 2.24) is 4.98 Å². The van der Waals surface area contributed by atoms with Gasteiger partial charge in [0.15, 0.2) is 5.56 Å². The van der Waals surface area contributed by atoms with E-state index in [1.165, 1.54) is 0 Å². The molecule has 7 nitrogen and oxygen atoms in total. The van der Waals surface area contributed by atoms with Gasteiger partial charge in [0.2, 0.25) is 0 Å². The van der Waals surface area contributed by atoms with Crippen LogP contribution in [0.25, 0.3) is 0 Å². The van der Waals surface area contributed by atoms with Crippen LogP contribution in [0.4, 0.5) is 14.5 Å². The van der Waals surface area contributed by atoms with Crippen molar-refractivity contribution in [3.63, 3.8) is 0 Å². The molecule has 0 amide bonds. The van der Waals surface area contributed by atoms with Crippen molar-refractivity contribution in [2.75, 3.05) is 14.2 Å². The van der Waals surface area contributed by atoms with Gasteiger partial charge in [-0.05, 0) is 0 Å². The molecular weight excluding hydrogens is 254 g/mol. The summed E-state index contributed by atoms with van der Waals surface area (Å²) in [4.78, 5) is 24.6. The number of pyridine rings is 1. The first-order chi connectivity index (χ1) is 8.43. The van der Waals surface area contributed by atoms with Crippen LogP contribution < -0.4 is 4.74 Å². The minimum Gasteiger partial charge on any atom is -0.476 e. The summed E-state index contributed by atoms with van der Waals surface area (Å²) in [7, 11) is 1.99. The number of alkyl halides is 2. The van der Waals surface area contributed by atoms with E-state index in [0.717, 1.165) is 14.2 Å². The molecule has 0 spiro atoms. The van der Waals surface area contributed by atoms with Crippen molar-refractivity contribution < 1.29 is 28.0 Å². The van der Waals surface area contributed by atoms with E-state index < -0.39 is 40.0 Å². The predicted molar refractivity (Wildman–Crippen MR) is 53.7 cm³/mol. The van der Waals surface area contributed by atoms with Crippen LogP contribution in [0.2, 0.25) is 0 Å². The number of hydrogen-bond donors (Lipinski definition) is 0. The monoisotopic (exact) mass is 262 g/mol. The van der Waals surface area contributed by atoms with Gasteiger partial charge in [0.25, 0.3) is 12.3 Å². The topological polar surface area (TPSA) is 91.6 Å². The highest BCUT2D eigenvalue weighted by atomic mass is 19.3. The number of aromatic nitrogens is 1. The number of rotatable bonds is 4. The van der Waals surface area contributed by atoms with Gasteiger partial charge in [0, 0.05) is 6.20 Å². The molecule has 0 saturated carbocycles. The van der Waals surface area contributed by atoms with E-state index in [1.807, 2.05) is 0 Å². The van der Waals surface area contributed by atoms with Gasteiger partial charge in [-0.25, -0.2) is 18.6 Å². The van der Waals surface area contributed by atoms with Gasteiger partial charge in [-0.2, -0.15) is 0 Å². The first-order valence-electron chi connectivity index (χ1n) is 4.51. The van der Waals surface area contributed by atoms with Crippen molar-refractivity contribution in [2.24, 2.45) is 0 Å². The molecule has 0 N–H and O–H groups in total. The second-order valence-electron chi connectivity index (χ2n) is 3.00. The molecule has 0 aliphatic heterocycles. The summed E-state index contributed by atoms with van der Waals surface area (Å²) in [5.74, 6) is -1.79. The molecule has 0 aliphatic rings. The van der Waals surface area contributed by atoms with Gasteiger partial charge < -0.3 is 9.47 Å². The summed E-state index contributed by atoms with van der Waals surface area (Å²) >= 11 is 0. The fourth-order valence-electron chi connectivity index (χ4n) is 1.30. The number of carbonyl (C=O) groups excluding carboxylic acids is 1. The van der Waals surface area contributed by atoms with Crippen LogP contribution in [0.15, 0.2) is 6.20 Å². The zero-order valence-corrected chi connectivity index (χ0v) is 9.35. The third-order valence-electron chi connectivity index (χ3n) is 2.05. The van der Waals surface area contributed by atoms with Crippen molar-refractivity contribution in [3.05, 3.63) is 27.4 Å². The number of hydrogen-bond acceptors (Lipinski definition) is 6. The fourth-order valence-corrected chi connectivity index (χ4v) is 1.30. The smallest absolute Gasteiger partial charge is 0.345 e. The Hall–Kier alpha value is -2.32. The maximum atomic E-state index is 12.7. The number of nitrogens with zero attached hydrogens (tertiary/aromatic N) is 2. The Balaban J connectivity index is 3.65. The summed E-state index contributed by atoms with van der Waals surface area (Å²) in [6.45, 7) is 0. The minimum atomic E-state index is -3.10. The number of esters is 1. The van der Waals surface area contributed by atoms with Gasteiger partial charge in [-0.3, -0.25) is 10.1 Å². The normalized spacial score (nSPS) is 10.3. The van der Waals surface area contributed by atoms with Crippen LogP contribution in [0.5, 0.6) is 5.88 Å².